The summed E-state index contributed by atoms with van der Waals surface area (Å²) in [5.41, 5.74) is 0. The predicted octanol–water partition coefficient (Wildman–Crippen LogP) is -0.767. The molecule has 0 rings (SSSR count). The maximum Gasteiger partial charge on any atom is 0 e. The monoisotopic (exact) mass is 154 g/mol. The van der Waals surface area contributed by atoms with E-state index in [1.54, 1.807) is 0 Å². The number of hydrogen-bond acceptors (Lipinski definition) is 0. The van der Waals surface area contributed by atoms with Crippen LogP contribution in [0, 0.1) is 0 Å². The first-order valence-electron chi connectivity index (χ1n) is 0. The van der Waals surface area contributed by atoms with Crippen LogP contribution in [-0.4, -0.2) is 19.4 Å². The van der Waals surface area contributed by atoms with Crippen molar-refractivity contribution in [3.63, 3.8) is 0 Å². The summed E-state index contributed by atoms with van der Waals surface area (Å²) in [6, 6.07) is 0. The van der Waals surface area contributed by atoms with Gasteiger partial charge < -0.3 is 0 Å². The van der Waals surface area contributed by atoms with Crippen molar-refractivity contribution >= 4 is 19.4 Å². The van der Waals surface area contributed by atoms with Gasteiger partial charge in [0.25, 0.3) is 0 Å². The van der Waals surface area contributed by atoms with Gasteiger partial charge in [0.1, 0.15) is 0 Å². The van der Waals surface area contributed by atoms with Gasteiger partial charge in [-0.3, -0.25) is 0 Å². The van der Waals surface area contributed by atoms with Crippen molar-refractivity contribution in [2.45, 2.75) is 0 Å². The van der Waals surface area contributed by atoms with Gasteiger partial charge in [-0.25, -0.2) is 0 Å². The summed E-state index contributed by atoms with van der Waals surface area (Å²) in [6.07, 6.45) is 0. The summed E-state index contributed by atoms with van der Waals surface area (Å²) in [4.78, 5) is 0. The SMILES string of the molecule is [B].[Co].[Fe].[Si]. The first kappa shape index (κ1) is 57.6. The Morgan fingerprint density at radius 2 is 1.00 bits per heavy atom. The van der Waals surface area contributed by atoms with Crippen molar-refractivity contribution in [3.8, 4) is 0 Å². The van der Waals surface area contributed by atoms with Crippen molar-refractivity contribution in [1.82, 2.24) is 0 Å². The van der Waals surface area contributed by atoms with Gasteiger partial charge >= 0.3 is 0 Å². The summed E-state index contributed by atoms with van der Waals surface area (Å²) in [6.45, 7) is 0. The molecule has 0 amide bonds. The minimum absolute atomic E-state index is 0. The zero-order chi connectivity index (χ0) is 0. The van der Waals surface area contributed by atoms with Crippen LogP contribution in [0.25, 0.3) is 0 Å². The van der Waals surface area contributed by atoms with Crippen molar-refractivity contribution in [3.05, 3.63) is 0 Å². The van der Waals surface area contributed by atoms with E-state index in [4.69, 9.17) is 0 Å². The molecule has 0 aliphatic carbocycles. The fourth-order valence-electron chi connectivity index (χ4n) is 0. The van der Waals surface area contributed by atoms with Crippen molar-refractivity contribution in [2.24, 2.45) is 0 Å². The van der Waals surface area contributed by atoms with E-state index in [1.165, 1.54) is 0 Å². The predicted molar refractivity (Wildman–Crippen MR) is 11.5 cm³/mol. The molecule has 0 unspecified atom stereocenters. The van der Waals surface area contributed by atoms with Crippen LogP contribution in [0.1, 0.15) is 0 Å². The van der Waals surface area contributed by atoms with Gasteiger partial charge in [-0.2, -0.15) is 0 Å². The Morgan fingerprint density at radius 3 is 1.00 bits per heavy atom. The first-order chi connectivity index (χ1) is 0. The zero-order valence-corrected chi connectivity index (χ0v) is 4.91. The fourth-order valence-corrected chi connectivity index (χ4v) is 0. The van der Waals surface area contributed by atoms with Gasteiger partial charge in [-0.1, -0.05) is 0 Å². The second-order valence-electron chi connectivity index (χ2n) is 0. The second kappa shape index (κ2) is 27.6. The van der Waals surface area contributed by atoms with Gasteiger partial charge in [0.05, 0.1) is 0 Å². The van der Waals surface area contributed by atoms with E-state index in [0.29, 0.717) is 0 Å². The van der Waals surface area contributed by atoms with Gasteiger partial charge in [0.2, 0.25) is 0 Å². The molecule has 4 heteroatoms. The Hall–Kier alpha value is 1.31. The molecule has 0 heterocycles. The van der Waals surface area contributed by atoms with Crippen LogP contribution in [0.2, 0.25) is 0 Å². The largest absolute Gasteiger partial charge is 0 e. The third kappa shape index (κ3) is 10.3. The maximum atomic E-state index is 0. The molecular formula is BCoFeSi. The van der Waals surface area contributed by atoms with Crippen LogP contribution in [0.3, 0.4) is 0 Å². The molecule has 0 aliphatic rings. The molecular weight excluding hydrogens is 154 g/mol. The quantitative estimate of drug-likeness (QED) is 0.402. The molecule has 0 saturated carbocycles. The molecule has 0 fully saturated rings. The Balaban J connectivity index is 0. The average molecular weight is 154 g/mol. The Bertz CT molecular complexity index is 8.00. The Kier molecular flexibility index (Phi) is 397. The van der Waals surface area contributed by atoms with E-state index in [2.05, 4.69) is 0 Å². The molecule has 0 aromatic rings. The van der Waals surface area contributed by atoms with Gasteiger partial charge in [0.15, 0.2) is 0 Å². The molecule has 0 bridgehead atoms. The van der Waals surface area contributed by atoms with Crippen LogP contribution in [-0.2, 0) is 33.8 Å². The van der Waals surface area contributed by atoms with Crippen molar-refractivity contribution < 1.29 is 33.8 Å². The summed E-state index contributed by atoms with van der Waals surface area (Å²) in [5, 5.41) is 0. The van der Waals surface area contributed by atoms with Gasteiger partial charge in [0, 0.05) is 53.2 Å². The molecule has 0 saturated heterocycles. The third-order valence-corrected chi connectivity index (χ3v) is 0. The van der Waals surface area contributed by atoms with E-state index in [1.807, 2.05) is 0 Å². The average Bonchev–Trinajstić information content (AvgIpc) is 0. The van der Waals surface area contributed by atoms with Crippen molar-refractivity contribution in [2.75, 3.05) is 0 Å². The van der Waals surface area contributed by atoms with E-state index < -0.39 is 0 Å². The number of hydrogen-bond donors (Lipinski definition) is 0. The maximum absolute atomic E-state index is 0. The summed E-state index contributed by atoms with van der Waals surface area (Å²) in [7, 11) is 0. The molecule has 0 aromatic heterocycles. The molecule has 8 radical (unpaired) electrons. The summed E-state index contributed by atoms with van der Waals surface area (Å²) < 4.78 is 0. The molecule has 4 heavy (non-hydrogen) atoms. The summed E-state index contributed by atoms with van der Waals surface area (Å²) >= 11 is 0. The fraction of sp³-hybridized carbons (Fsp3) is 0. The van der Waals surface area contributed by atoms with Crippen LogP contribution in [0.5, 0.6) is 0 Å². The molecule has 0 nitrogen and oxygen atoms in total. The van der Waals surface area contributed by atoms with Crippen LogP contribution in [0.15, 0.2) is 0 Å². The van der Waals surface area contributed by atoms with E-state index >= 15 is 0 Å². The molecule has 0 N–H and O–H groups in total. The zero-order valence-electron chi connectivity index (χ0n) is 1.76. The topological polar surface area (TPSA) is 0 Å². The summed E-state index contributed by atoms with van der Waals surface area (Å²) in [5.74, 6) is 0. The minimum Gasteiger partial charge on any atom is 0 e. The van der Waals surface area contributed by atoms with Crippen LogP contribution < -0.4 is 0 Å². The molecule has 0 spiro atoms. The smallest absolute Gasteiger partial charge is 0 e. The number of rotatable bonds is 0. The molecule has 0 atom stereocenters. The minimum atomic E-state index is 0. The van der Waals surface area contributed by atoms with E-state index in [9.17, 15) is 0 Å². The van der Waals surface area contributed by atoms with E-state index in [0.717, 1.165) is 0 Å². The van der Waals surface area contributed by atoms with Crippen LogP contribution >= 0.6 is 0 Å². The van der Waals surface area contributed by atoms with Gasteiger partial charge in [-0.15, -0.1) is 0 Å². The second-order valence-corrected chi connectivity index (χ2v) is 0. The molecule has 24 valence electrons. The molecule has 0 aliphatic heterocycles. The van der Waals surface area contributed by atoms with Gasteiger partial charge in [-0.05, 0) is 0 Å². The van der Waals surface area contributed by atoms with E-state index in [-0.39, 0.29) is 53.2 Å². The third-order valence-electron chi connectivity index (χ3n) is 0. The first-order valence-corrected chi connectivity index (χ1v) is 0. The molecule has 0 aromatic carbocycles. The van der Waals surface area contributed by atoms with Crippen molar-refractivity contribution in [1.29, 1.82) is 0 Å². The Labute approximate surface area is 53.4 Å². The standard InChI is InChI=1S/B.Co.Fe.Si. The van der Waals surface area contributed by atoms with Crippen LogP contribution in [0.4, 0.5) is 0 Å². The normalized spacial score (nSPS) is 0. The Morgan fingerprint density at radius 1 is 1.00 bits per heavy atom.